The van der Waals surface area contributed by atoms with Gasteiger partial charge in [0.15, 0.2) is 0 Å². The number of nitrogens with zero attached hydrogens (tertiary/aromatic N) is 3. The fourth-order valence-corrected chi connectivity index (χ4v) is 2.77. The van der Waals surface area contributed by atoms with E-state index in [1.165, 1.54) is 6.20 Å². The van der Waals surface area contributed by atoms with Crippen LogP contribution in [-0.2, 0) is 0 Å². The third kappa shape index (κ3) is 2.70. The van der Waals surface area contributed by atoms with Gasteiger partial charge in [0.1, 0.15) is 11.2 Å². The summed E-state index contributed by atoms with van der Waals surface area (Å²) in [5, 5.41) is 12.3. The van der Waals surface area contributed by atoms with Gasteiger partial charge >= 0.3 is 0 Å². The predicted molar refractivity (Wildman–Crippen MR) is 78.4 cm³/mol. The molecule has 3 rings (SSSR count). The van der Waals surface area contributed by atoms with Crippen molar-refractivity contribution in [3.8, 4) is 6.07 Å². The van der Waals surface area contributed by atoms with Gasteiger partial charge in [-0.15, -0.1) is 0 Å². The van der Waals surface area contributed by atoms with E-state index in [4.69, 9.17) is 0 Å². The molecule has 1 aromatic heterocycles. The molecule has 1 N–H and O–H groups in total. The SMILES string of the molecule is N#CC1(NC(=O)c2cnc3ccccc3n2)CCCCC1. The molecule has 1 aliphatic carbocycles. The Hall–Kier alpha value is -2.48. The Balaban J connectivity index is 1.85. The van der Waals surface area contributed by atoms with Crippen molar-refractivity contribution in [1.82, 2.24) is 15.3 Å². The fourth-order valence-electron chi connectivity index (χ4n) is 2.77. The van der Waals surface area contributed by atoms with Crippen LogP contribution in [0.2, 0.25) is 0 Å². The minimum absolute atomic E-state index is 0.258. The van der Waals surface area contributed by atoms with Crippen LogP contribution in [0.5, 0.6) is 0 Å². The van der Waals surface area contributed by atoms with Gasteiger partial charge < -0.3 is 5.32 Å². The first-order valence-corrected chi connectivity index (χ1v) is 7.18. The molecule has 1 amide bonds. The quantitative estimate of drug-likeness (QED) is 0.917. The molecule has 0 radical (unpaired) electrons. The van der Waals surface area contributed by atoms with Gasteiger partial charge in [-0.1, -0.05) is 31.4 Å². The fraction of sp³-hybridized carbons (Fsp3) is 0.375. The highest BCUT2D eigenvalue weighted by Crippen LogP contribution is 2.27. The Kier molecular flexibility index (Phi) is 3.53. The van der Waals surface area contributed by atoms with Gasteiger partial charge in [-0.05, 0) is 25.0 Å². The number of hydrogen-bond donors (Lipinski definition) is 1. The number of fused-ring (bicyclic) bond motifs is 1. The molecule has 0 bridgehead atoms. The van der Waals surface area contributed by atoms with Crippen LogP contribution in [0.15, 0.2) is 30.5 Å². The first-order chi connectivity index (χ1) is 10.2. The van der Waals surface area contributed by atoms with Crippen molar-refractivity contribution in [3.63, 3.8) is 0 Å². The monoisotopic (exact) mass is 280 g/mol. The molecule has 0 spiro atoms. The van der Waals surface area contributed by atoms with Crippen molar-refractivity contribution in [2.24, 2.45) is 0 Å². The topological polar surface area (TPSA) is 78.7 Å². The van der Waals surface area contributed by atoms with Crippen LogP contribution in [0.1, 0.15) is 42.6 Å². The number of rotatable bonds is 2. The van der Waals surface area contributed by atoms with E-state index in [9.17, 15) is 10.1 Å². The Labute approximate surface area is 123 Å². The summed E-state index contributed by atoms with van der Waals surface area (Å²) in [7, 11) is 0. The maximum Gasteiger partial charge on any atom is 0.272 e. The van der Waals surface area contributed by atoms with Crippen LogP contribution in [0.25, 0.3) is 11.0 Å². The summed E-state index contributed by atoms with van der Waals surface area (Å²) in [5.74, 6) is -0.322. The molecule has 0 aliphatic heterocycles. The summed E-state index contributed by atoms with van der Waals surface area (Å²) in [6, 6.07) is 9.68. The zero-order chi connectivity index (χ0) is 14.7. The van der Waals surface area contributed by atoms with Crippen LogP contribution in [-0.4, -0.2) is 21.4 Å². The van der Waals surface area contributed by atoms with Crippen molar-refractivity contribution in [2.45, 2.75) is 37.6 Å². The van der Waals surface area contributed by atoms with Gasteiger partial charge in [0.2, 0.25) is 0 Å². The summed E-state index contributed by atoms with van der Waals surface area (Å²) in [4.78, 5) is 20.9. The van der Waals surface area contributed by atoms with Crippen LogP contribution in [0, 0.1) is 11.3 Å². The minimum atomic E-state index is -0.747. The van der Waals surface area contributed by atoms with Crippen LogP contribution in [0.3, 0.4) is 0 Å². The average molecular weight is 280 g/mol. The molecule has 0 atom stereocenters. The lowest BCUT2D eigenvalue weighted by atomic mass is 9.83. The highest BCUT2D eigenvalue weighted by molar-refractivity contribution is 5.94. The lowest BCUT2D eigenvalue weighted by Gasteiger charge is -2.31. The predicted octanol–water partition coefficient (Wildman–Crippen LogP) is 2.59. The molecule has 21 heavy (non-hydrogen) atoms. The van der Waals surface area contributed by atoms with E-state index in [0.717, 1.165) is 24.8 Å². The first-order valence-electron chi connectivity index (χ1n) is 7.18. The number of nitrogens with one attached hydrogen (secondary N) is 1. The standard InChI is InChI=1S/C16H16N4O/c17-11-16(8-4-1-5-9-16)20-15(21)14-10-18-12-6-2-3-7-13(12)19-14/h2-3,6-7,10H,1,4-5,8-9H2,(H,20,21). The third-order valence-corrected chi connectivity index (χ3v) is 3.96. The van der Waals surface area contributed by atoms with Gasteiger partial charge in [0.25, 0.3) is 5.91 Å². The number of nitriles is 1. The van der Waals surface area contributed by atoms with E-state index in [1.807, 2.05) is 24.3 Å². The Morgan fingerprint density at radius 1 is 1.19 bits per heavy atom. The van der Waals surface area contributed by atoms with Gasteiger partial charge in [-0.2, -0.15) is 5.26 Å². The van der Waals surface area contributed by atoms with E-state index in [2.05, 4.69) is 21.4 Å². The Bertz CT molecular complexity index is 714. The summed E-state index contributed by atoms with van der Waals surface area (Å²) >= 11 is 0. The second-order valence-electron chi connectivity index (χ2n) is 5.45. The Morgan fingerprint density at radius 2 is 1.90 bits per heavy atom. The molecule has 5 heteroatoms. The van der Waals surface area contributed by atoms with E-state index in [1.54, 1.807) is 0 Å². The molecule has 1 aromatic carbocycles. The average Bonchev–Trinajstić information content (AvgIpc) is 2.55. The smallest absolute Gasteiger partial charge is 0.272 e. The number of benzene rings is 1. The molecule has 0 unspecified atom stereocenters. The summed E-state index contributed by atoms with van der Waals surface area (Å²) in [6.07, 6.45) is 5.93. The molecule has 2 aromatic rings. The molecule has 1 saturated carbocycles. The van der Waals surface area contributed by atoms with E-state index in [-0.39, 0.29) is 11.6 Å². The second-order valence-corrected chi connectivity index (χ2v) is 5.45. The van der Waals surface area contributed by atoms with Crippen molar-refractivity contribution >= 4 is 16.9 Å². The van der Waals surface area contributed by atoms with Crippen LogP contribution in [0.4, 0.5) is 0 Å². The minimum Gasteiger partial charge on any atom is -0.332 e. The van der Waals surface area contributed by atoms with E-state index < -0.39 is 5.54 Å². The molecule has 5 nitrogen and oxygen atoms in total. The number of para-hydroxylation sites is 2. The molecule has 1 fully saturated rings. The zero-order valence-electron chi connectivity index (χ0n) is 11.7. The Morgan fingerprint density at radius 3 is 2.62 bits per heavy atom. The molecule has 1 heterocycles. The molecule has 1 aliphatic rings. The normalized spacial score (nSPS) is 17.1. The maximum atomic E-state index is 12.4. The van der Waals surface area contributed by atoms with Gasteiger partial charge in [-0.25, -0.2) is 4.98 Å². The highest BCUT2D eigenvalue weighted by Gasteiger charge is 2.34. The second kappa shape index (κ2) is 5.49. The van der Waals surface area contributed by atoms with Crippen molar-refractivity contribution in [3.05, 3.63) is 36.2 Å². The molecule has 0 saturated heterocycles. The molecular formula is C16H16N4O. The summed E-state index contributed by atoms with van der Waals surface area (Å²) in [5.41, 5.74) is 0.943. The van der Waals surface area contributed by atoms with E-state index >= 15 is 0 Å². The van der Waals surface area contributed by atoms with Crippen LogP contribution < -0.4 is 5.32 Å². The number of aromatic nitrogens is 2. The van der Waals surface area contributed by atoms with Crippen molar-refractivity contribution < 1.29 is 4.79 Å². The van der Waals surface area contributed by atoms with E-state index in [0.29, 0.717) is 18.4 Å². The third-order valence-electron chi connectivity index (χ3n) is 3.96. The first kappa shape index (κ1) is 13.5. The van der Waals surface area contributed by atoms with Gasteiger partial charge in [0.05, 0.1) is 23.3 Å². The van der Waals surface area contributed by atoms with Gasteiger partial charge in [-0.3, -0.25) is 9.78 Å². The largest absolute Gasteiger partial charge is 0.332 e. The summed E-state index contributed by atoms with van der Waals surface area (Å²) in [6.45, 7) is 0. The van der Waals surface area contributed by atoms with Crippen LogP contribution >= 0.6 is 0 Å². The number of amides is 1. The lowest BCUT2D eigenvalue weighted by Crippen LogP contribution is -2.48. The number of carbonyl (C=O) groups excluding carboxylic acids is 1. The molecular weight excluding hydrogens is 264 g/mol. The van der Waals surface area contributed by atoms with Gasteiger partial charge in [0, 0.05) is 0 Å². The highest BCUT2D eigenvalue weighted by atomic mass is 16.2. The summed E-state index contributed by atoms with van der Waals surface area (Å²) < 4.78 is 0. The number of hydrogen-bond acceptors (Lipinski definition) is 4. The maximum absolute atomic E-state index is 12.4. The van der Waals surface area contributed by atoms with Crippen molar-refractivity contribution in [2.75, 3.05) is 0 Å². The zero-order valence-corrected chi connectivity index (χ0v) is 11.7. The number of carbonyl (C=O) groups is 1. The van der Waals surface area contributed by atoms with Crippen molar-refractivity contribution in [1.29, 1.82) is 5.26 Å². The lowest BCUT2D eigenvalue weighted by molar-refractivity contribution is 0.0897. The molecule has 106 valence electrons.